The van der Waals surface area contributed by atoms with Crippen molar-refractivity contribution in [2.24, 2.45) is 0 Å². The second kappa shape index (κ2) is 4.06. The van der Waals surface area contributed by atoms with Crippen LogP contribution in [0.5, 0.6) is 0 Å². The highest BCUT2D eigenvalue weighted by Crippen LogP contribution is 2.27. The highest BCUT2D eigenvalue weighted by molar-refractivity contribution is 5.62. The molecule has 0 spiro atoms. The molecule has 0 atom stereocenters. The van der Waals surface area contributed by atoms with Crippen molar-refractivity contribution in [2.75, 3.05) is 0 Å². The highest BCUT2D eigenvalue weighted by Gasteiger charge is 2.21. The third-order valence-corrected chi connectivity index (χ3v) is 2.40. The molecule has 1 aromatic carbocycles. The van der Waals surface area contributed by atoms with Crippen LogP contribution in [0.25, 0.3) is 5.69 Å². The van der Waals surface area contributed by atoms with Gasteiger partial charge < -0.3 is 0 Å². The number of imidazole rings is 1. The zero-order chi connectivity index (χ0) is 12.4. The van der Waals surface area contributed by atoms with Crippen LogP contribution >= 0.6 is 0 Å². The van der Waals surface area contributed by atoms with Crippen LogP contribution in [0, 0.1) is 28.4 Å². The van der Waals surface area contributed by atoms with Gasteiger partial charge in [0.15, 0.2) is 0 Å². The molecule has 0 aliphatic carbocycles. The van der Waals surface area contributed by atoms with E-state index in [0.717, 1.165) is 0 Å². The second-order valence-corrected chi connectivity index (χ2v) is 3.39. The third kappa shape index (κ3) is 1.74. The van der Waals surface area contributed by atoms with Gasteiger partial charge in [0.2, 0.25) is 0 Å². The molecule has 0 saturated heterocycles. The first-order chi connectivity index (χ1) is 8.15. The maximum absolute atomic E-state index is 11.0. The van der Waals surface area contributed by atoms with Crippen LogP contribution in [-0.4, -0.2) is 14.5 Å². The lowest BCUT2D eigenvalue weighted by atomic mass is 10.1. The Morgan fingerprint density at radius 3 is 2.82 bits per heavy atom. The Kier molecular flexibility index (Phi) is 2.58. The Balaban J connectivity index is 2.75. The van der Waals surface area contributed by atoms with Crippen LogP contribution in [0.2, 0.25) is 0 Å². The summed E-state index contributed by atoms with van der Waals surface area (Å²) < 4.78 is 1.58. The van der Waals surface area contributed by atoms with Crippen LogP contribution in [0.4, 0.5) is 5.69 Å². The van der Waals surface area contributed by atoms with Gasteiger partial charge in [-0.15, -0.1) is 0 Å². The first-order valence-electron chi connectivity index (χ1n) is 4.83. The molecule has 0 N–H and O–H groups in total. The first kappa shape index (κ1) is 10.8. The van der Waals surface area contributed by atoms with Crippen molar-refractivity contribution in [2.45, 2.75) is 6.92 Å². The number of para-hydroxylation sites is 1. The summed E-state index contributed by atoms with van der Waals surface area (Å²) in [5.74, 6) is 0.628. The van der Waals surface area contributed by atoms with E-state index in [9.17, 15) is 10.1 Å². The number of nitro benzene ring substituents is 1. The Bertz CT molecular complexity index is 625. The van der Waals surface area contributed by atoms with Gasteiger partial charge in [0.05, 0.1) is 4.92 Å². The van der Waals surface area contributed by atoms with Crippen molar-refractivity contribution < 1.29 is 4.92 Å². The summed E-state index contributed by atoms with van der Waals surface area (Å²) in [6.07, 6.45) is 3.18. The maximum atomic E-state index is 11.0. The summed E-state index contributed by atoms with van der Waals surface area (Å²) in [5, 5.41) is 19.9. The molecular weight excluding hydrogens is 220 g/mol. The molecule has 2 aromatic rings. The van der Waals surface area contributed by atoms with Crippen LogP contribution in [-0.2, 0) is 0 Å². The van der Waals surface area contributed by atoms with E-state index in [2.05, 4.69) is 4.98 Å². The molecule has 0 saturated carbocycles. The molecule has 0 aliphatic heterocycles. The summed E-state index contributed by atoms with van der Waals surface area (Å²) in [4.78, 5) is 14.5. The molecule has 6 nitrogen and oxygen atoms in total. The minimum Gasteiger partial charge on any atom is -0.298 e. The number of nitro groups is 1. The van der Waals surface area contributed by atoms with Gasteiger partial charge in [0.25, 0.3) is 0 Å². The lowest BCUT2D eigenvalue weighted by molar-refractivity contribution is -0.384. The zero-order valence-corrected chi connectivity index (χ0v) is 8.99. The number of hydrogen-bond acceptors (Lipinski definition) is 4. The summed E-state index contributed by atoms with van der Waals surface area (Å²) in [7, 11) is 0. The van der Waals surface area contributed by atoms with E-state index >= 15 is 0 Å². The molecule has 0 fully saturated rings. The number of benzene rings is 1. The molecular formula is C11H8N4O2. The smallest absolute Gasteiger partial charge is 0.298 e. The summed E-state index contributed by atoms with van der Waals surface area (Å²) in [6, 6.07) is 6.45. The lowest BCUT2D eigenvalue weighted by Crippen LogP contribution is -2.03. The van der Waals surface area contributed by atoms with E-state index < -0.39 is 4.92 Å². The molecule has 0 unspecified atom stereocenters. The van der Waals surface area contributed by atoms with Gasteiger partial charge in [-0.2, -0.15) is 5.26 Å². The quantitative estimate of drug-likeness (QED) is 0.580. The van der Waals surface area contributed by atoms with Gasteiger partial charge in [0.1, 0.15) is 23.1 Å². The molecule has 0 bridgehead atoms. The number of rotatable bonds is 2. The molecule has 0 radical (unpaired) electrons. The minimum absolute atomic E-state index is 0.0422. The fourth-order valence-electron chi connectivity index (χ4n) is 1.64. The van der Waals surface area contributed by atoms with E-state index in [1.807, 2.05) is 6.07 Å². The number of nitrogens with zero attached hydrogens (tertiary/aromatic N) is 4. The SMILES string of the molecule is Cc1nccn1-c1cccc(C#N)c1[N+](=O)[O-]. The van der Waals surface area contributed by atoms with E-state index in [0.29, 0.717) is 11.5 Å². The predicted octanol–water partition coefficient (Wildman–Crippen LogP) is 1.96. The third-order valence-electron chi connectivity index (χ3n) is 2.40. The van der Waals surface area contributed by atoms with Crippen molar-refractivity contribution in [3.8, 4) is 11.8 Å². The van der Waals surface area contributed by atoms with Crippen molar-refractivity contribution in [1.29, 1.82) is 5.26 Å². The standard InChI is InChI=1S/C11H8N4O2/c1-8-13-5-6-14(8)10-4-2-3-9(7-12)11(10)15(16)17/h2-6H,1H3. The molecule has 2 rings (SSSR count). The van der Waals surface area contributed by atoms with Gasteiger partial charge in [-0.25, -0.2) is 4.98 Å². The first-order valence-corrected chi connectivity index (χ1v) is 4.83. The lowest BCUT2D eigenvalue weighted by Gasteiger charge is -2.06. The number of nitriles is 1. The summed E-state index contributed by atoms with van der Waals surface area (Å²) >= 11 is 0. The van der Waals surface area contributed by atoms with Crippen molar-refractivity contribution in [3.63, 3.8) is 0 Å². The number of aromatic nitrogens is 2. The normalized spacial score (nSPS) is 9.88. The molecule has 84 valence electrons. The maximum Gasteiger partial charge on any atom is 0.310 e. The van der Waals surface area contributed by atoms with Gasteiger partial charge in [-0.1, -0.05) is 6.07 Å². The molecule has 0 aliphatic rings. The largest absolute Gasteiger partial charge is 0.310 e. The average molecular weight is 228 g/mol. The zero-order valence-electron chi connectivity index (χ0n) is 8.99. The van der Waals surface area contributed by atoms with Crippen molar-refractivity contribution in [1.82, 2.24) is 9.55 Å². The minimum atomic E-state index is -0.548. The Morgan fingerprint density at radius 1 is 1.53 bits per heavy atom. The van der Waals surface area contributed by atoms with E-state index in [1.165, 1.54) is 6.07 Å². The van der Waals surface area contributed by atoms with Crippen LogP contribution in [0.1, 0.15) is 11.4 Å². The molecule has 0 amide bonds. The van der Waals surface area contributed by atoms with Gasteiger partial charge in [0, 0.05) is 12.4 Å². The van der Waals surface area contributed by atoms with Gasteiger partial charge in [-0.05, 0) is 19.1 Å². The van der Waals surface area contributed by atoms with Crippen LogP contribution in [0.15, 0.2) is 30.6 Å². The number of aryl methyl sites for hydroxylation is 1. The molecule has 6 heteroatoms. The Morgan fingerprint density at radius 2 is 2.29 bits per heavy atom. The van der Waals surface area contributed by atoms with E-state index in [4.69, 9.17) is 5.26 Å². The van der Waals surface area contributed by atoms with Crippen LogP contribution in [0.3, 0.4) is 0 Å². The predicted molar refractivity (Wildman–Crippen MR) is 59.7 cm³/mol. The fourth-order valence-corrected chi connectivity index (χ4v) is 1.64. The monoisotopic (exact) mass is 228 g/mol. The van der Waals surface area contributed by atoms with E-state index in [-0.39, 0.29) is 11.3 Å². The second-order valence-electron chi connectivity index (χ2n) is 3.39. The average Bonchev–Trinajstić information content (AvgIpc) is 2.74. The topological polar surface area (TPSA) is 84.8 Å². The highest BCUT2D eigenvalue weighted by atomic mass is 16.6. The van der Waals surface area contributed by atoms with Crippen LogP contribution < -0.4 is 0 Å². The summed E-state index contributed by atoms with van der Waals surface area (Å²) in [5.41, 5.74) is 0.195. The van der Waals surface area contributed by atoms with Crippen molar-refractivity contribution >= 4 is 5.69 Å². The molecule has 1 heterocycles. The molecule has 17 heavy (non-hydrogen) atoms. The van der Waals surface area contributed by atoms with Crippen molar-refractivity contribution in [3.05, 3.63) is 52.1 Å². The Labute approximate surface area is 96.9 Å². The summed E-state index contributed by atoms with van der Waals surface area (Å²) in [6.45, 7) is 1.74. The fraction of sp³-hybridized carbons (Fsp3) is 0.0909. The Hall–Kier alpha value is -2.68. The van der Waals surface area contributed by atoms with E-state index in [1.54, 1.807) is 36.0 Å². The van der Waals surface area contributed by atoms with Gasteiger partial charge in [-0.3, -0.25) is 14.7 Å². The van der Waals surface area contributed by atoms with Gasteiger partial charge >= 0.3 is 5.69 Å². The molecule has 1 aromatic heterocycles. The number of hydrogen-bond donors (Lipinski definition) is 0.